The van der Waals surface area contributed by atoms with Gasteiger partial charge in [0.25, 0.3) is 0 Å². The van der Waals surface area contributed by atoms with Crippen LogP contribution in [0.15, 0.2) is 23.1 Å². The van der Waals surface area contributed by atoms with Gasteiger partial charge >= 0.3 is 11.9 Å². The maximum absolute atomic E-state index is 13.4. The number of rotatable bonds is 7. The number of hydrogen-bond acceptors (Lipinski definition) is 8. The van der Waals surface area contributed by atoms with Gasteiger partial charge in [-0.05, 0) is 131 Å². The topological polar surface area (TPSA) is 94.1 Å². The molecule has 8 aliphatic rings. The third-order valence-corrected chi connectivity index (χ3v) is 10.7. The number of hydrogen-bond donors (Lipinski definition) is 0. The first-order valence-corrected chi connectivity index (χ1v) is 14.4. The third kappa shape index (κ3) is 4.28. The molecular formula is C28H33O7S-. The molecule has 36 heavy (non-hydrogen) atoms. The second-order valence-corrected chi connectivity index (χ2v) is 13.7. The Morgan fingerprint density at radius 2 is 1.03 bits per heavy atom. The van der Waals surface area contributed by atoms with E-state index >= 15 is 0 Å². The molecule has 0 atom stereocenters. The van der Waals surface area contributed by atoms with Gasteiger partial charge in [-0.25, -0.2) is 9.59 Å². The highest BCUT2D eigenvalue weighted by atomic mass is 32.2. The first kappa shape index (κ1) is 23.5. The Balaban J connectivity index is 1.12. The van der Waals surface area contributed by atoms with Crippen molar-refractivity contribution in [3.8, 4) is 0 Å². The minimum Gasteiger partial charge on any atom is -0.691 e. The van der Waals surface area contributed by atoms with Crippen LogP contribution in [0.2, 0.25) is 0 Å². The molecule has 8 fully saturated rings. The third-order valence-electron chi connectivity index (χ3n) is 10.1. The second-order valence-electron chi connectivity index (χ2n) is 12.9. The van der Waals surface area contributed by atoms with Crippen molar-refractivity contribution in [2.45, 2.75) is 93.1 Å². The summed E-state index contributed by atoms with van der Waals surface area (Å²) in [6, 6.07) is 4.76. The van der Waals surface area contributed by atoms with Crippen LogP contribution in [-0.2, 0) is 18.8 Å². The second kappa shape index (κ2) is 8.72. The Bertz CT molecular complexity index is 921. The lowest BCUT2D eigenvalue weighted by Crippen LogP contribution is -2.52. The van der Waals surface area contributed by atoms with Gasteiger partial charge < -0.3 is 14.7 Å². The molecule has 0 aliphatic heterocycles. The molecule has 8 aliphatic carbocycles. The van der Waals surface area contributed by atoms with Crippen LogP contribution in [0.1, 0.15) is 97.8 Å². The number of carbonyl (C=O) groups is 2. The fourth-order valence-corrected chi connectivity index (χ4v) is 10.2. The molecule has 1 aromatic rings. The Morgan fingerprint density at radius 1 is 0.667 bits per heavy atom. The van der Waals surface area contributed by atoms with Gasteiger partial charge in [-0.1, -0.05) is 0 Å². The standard InChI is InChI=1S/C28H34O7S/c29-25(32-27-10-16-1-17(11-27)3-18(2-16)12-27)22-7-23(9-24(8-22)36-35-34-31)26(30)33-28-13-19-4-20(14-28)6-21(5-19)15-28/h7-9,16-21,31H,1-6,10-15H2/p-1. The van der Waals surface area contributed by atoms with Crippen LogP contribution in [0.4, 0.5) is 0 Å². The molecular weight excluding hydrogens is 480 g/mol. The van der Waals surface area contributed by atoms with Gasteiger partial charge in [0.1, 0.15) is 11.2 Å². The van der Waals surface area contributed by atoms with Crippen LogP contribution in [0.5, 0.6) is 0 Å². The van der Waals surface area contributed by atoms with Crippen LogP contribution >= 0.6 is 12.0 Å². The van der Waals surface area contributed by atoms with Gasteiger partial charge in [0.2, 0.25) is 0 Å². The van der Waals surface area contributed by atoms with E-state index in [0.29, 0.717) is 52.4 Å². The molecule has 0 saturated heterocycles. The van der Waals surface area contributed by atoms with Crippen LogP contribution in [-0.4, -0.2) is 23.1 Å². The van der Waals surface area contributed by atoms with Crippen LogP contribution in [0, 0.1) is 35.5 Å². The highest BCUT2D eigenvalue weighted by Crippen LogP contribution is 2.58. The fourth-order valence-electron chi connectivity index (χ4n) is 9.76. The van der Waals surface area contributed by atoms with E-state index in [1.54, 1.807) is 18.2 Å². The molecule has 0 unspecified atom stereocenters. The predicted molar refractivity (Wildman–Crippen MR) is 127 cm³/mol. The van der Waals surface area contributed by atoms with Crippen molar-refractivity contribution >= 4 is 24.0 Å². The summed E-state index contributed by atoms with van der Waals surface area (Å²) in [7, 11) is 0. The summed E-state index contributed by atoms with van der Waals surface area (Å²) >= 11 is 0.673. The number of benzene rings is 1. The Morgan fingerprint density at radius 3 is 1.36 bits per heavy atom. The lowest BCUT2D eigenvalue weighted by Gasteiger charge is -2.55. The first-order chi connectivity index (χ1) is 17.4. The molecule has 0 spiro atoms. The number of esters is 2. The average molecular weight is 514 g/mol. The molecule has 0 radical (unpaired) electrons. The van der Waals surface area contributed by atoms with E-state index in [2.05, 4.69) is 9.37 Å². The van der Waals surface area contributed by atoms with E-state index in [0.717, 1.165) is 38.5 Å². The predicted octanol–water partition coefficient (Wildman–Crippen LogP) is 5.17. The van der Waals surface area contributed by atoms with Gasteiger partial charge in [-0.3, -0.25) is 5.04 Å². The largest absolute Gasteiger partial charge is 0.691 e. The normalized spacial score (nSPS) is 41.5. The zero-order chi connectivity index (χ0) is 24.5. The van der Waals surface area contributed by atoms with Crippen molar-refractivity contribution in [3.05, 3.63) is 29.3 Å². The van der Waals surface area contributed by atoms with Crippen molar-refractivity contribution < 1.29 is 33.7 Å². The summed E-state index contributed by atoms with van der Waals surface area (Å²) in [6.45, 7) is 0. The first-order valence-electron chi connectivity index (χ1n) is 13.6. The molecule has 8 heteroatoms. The molecule has 7 nitrogen and oxygen atoms in total. The van der Waals surface area contributed by atoms with Crippen LogP contribution in [0.25, 0.3) is 0 Å². The summed E-state index contributed by atoms with van der Waals surface area (Å²) in [4.78, 5) is 27.3. The summed E-state index contributed by atoms with van der Waals surface area (Å²) in [5, 5.41) is 14.0. The number of carbonyl (C=O) groups excluding carboxylic acids is 2. The van der Waals surface area contributed by atoms with Crippen molar-refractivity contribution in [2.75, 3.05) is 0 Å². The molecule has 8 saturated carbocycles. The summed E-state index contributed by atoms with van der Waals surface area (Å²) in [5.74, 6) is 3.06. The Labute approximate surface area is 215 Å². The Hall–Kier alpha value is -1.61. The van der Waals surface area contributed by atoms with Gasteiger partial charge in [-0.15, -0.1) is 0 Å². The monoisotopic (exact) mass is 513 g/mol. The molecule has 0 aromatic heterocycles. The highest BCUT2D eigenvalue weighted by molar-refractivity contribution is 7.94. The van der Waals surface area contributed by atoms with Crippen LogP contribution < -0.4 is 5.26 Å². The number of ether oxygens (including phenoxy) is 2. The van der Waals surface area contributed by atoms with Crippen LogP contribution in [0.3, 0.4) is 0 Å². The van der Waals surface area contributed by atoms with Gasteiger partial charge in [0, 0.05) is 4.90 Å². The van der Waals surface area contributed by atoms with E-state index in [4.69, 9.17) is 9.47 Å². The van der Waals surface area contributed by atoms with E-state index in [1.165, 1.54) is 38.5 Å². The lowest BCUT2D eigenvalue weighted by atomic mass is 9.54. The van der Waals surface area contributed by atoms with E-state index in [-0.39, 0.29) is 22.3 Å². The lowest BCUT2D eigenvalue weighted by molar-refractivity contribution is -0.777. The van der Waals surface area contributed by atoms with Crippen molar-refractivity contribution in [2.24, 2.45) is 35.5 Å². The quantitative estimate of drug-likeness (QED) is 0.213. The maximum atomic E-state index is 13.4. The van der Waals surface area contributed by atoms with Gasteiger partial charge in [-0.2, -0.15) is 4.33 Å². The SMILES string of the molecule is O=C(OC12CC3CC(CC(C3)C1)C2)c1cc(SOO[O-])cc(C(=O)OC23CC4CC(CC(C4)C2)C3)c1. The molecule has 0 N–H and O–H groups in total. The summed E-state index contributed by atoms with van der Waals surface area (Å²) < 4.78 is 17.0. The minimum absolute atomic E-state index is 0.280. The molecule has 1 aromatic carbocycles. The van der Waals surface area contributed by atoms with Crippen molar-refractivity contribution in [1.29, 1.82) is 0 Å². The molecule has 0 heterocycles. The molecule has 8 bridgehead atoms. The molecule has 9 rings (SSSR count). The van der Waals surface area contributed by atoms with E-state index in [9.17, 15) is 14.8 Å². The van der Waals surface area contributed by atoms with E-state index < -0.39 is 11.9 Å². The minimum atomic E-state index is -0.425. The van der Waals surface area contributed by atoms with E-state index in [1.807, 2.05) is 0 Å². The molecule has 194 valence electrons. The smallest absolute Gasteiger partial charge is 0.338 e. The average Bonchev–Trinajstić information content (AvgIpc) is 2.80. The summed E-state index contributed by atoms with van der Waals surface area (Å²) in [5.41, 5.74) is -0.210. The fraction of sp³-hybridized carbons (Fsp3) is 0.714. The zero-order valence-electron chi connectivity index (χ0n) is 20.4. The zero-order valence-corrected chi connectivity index (χ0v) is 21.3. The van der Waals surface area contributed by atoms with Crippen molar-refractivity contribution in [3.63, 3.8) is 0 Å². The Kier molecular flexibility index (Phi) is 5.69. The van der Waals surface area contributed by atoms with Gasteiger partial charge in [0.15, 0.2) is 0 Å². The van der Waals surface area contributed by atoms with Gasteiger partial charge in [0.05, 0.1) is 23.2 Å². The summed E-state index contributed by atoms with van der Waals surface area (Å²) in [6.07, 6.45) is 13.2. The maximum Gasteiger partial charge on any atom is 0.338 e. The highest BCUT2D eigenvalue weighted by Gasteiger charge is 2.54. The van der Waals surface area contributed by atoms with Crippen molar-refractivity contribution in [1.82, 2.24) is 0 Å². The molecule has 0 amide bonds.